The molecule has 8 heteroatoms. The summed E-state index contributed by atoms with van der Waals surface area (Å²) in [5.74, 6) is 2.34. The van der Waals surface area contributed by atoms with Gasteiger partial charge in [0.05, 0.1) is 6.61 Å². The van der Waals surface area contributed by atoms with Crippen molar-refractivity contribution in [1.29, 1.82) is 0 Å². The molecule has 148 valence electrons. The average Bonchev–Trinajstić information content (AvgIpc) is 3.22. The molecule has 1 N–H and O–H groups in total. The number of guanidine groups is 1. The van der Waals surface area contributed by atoms with Crippen LogP contribution in [0.2, 0.25) is 0 Å². The zero-order chi connectivity index (χ0) is 19.1. The second kappa shape index (κ2) is 9.55. The van der Waals surface area contributed by atoms with Crippen LogP contribution < -0.4 is 10.2 Å². The number of pyridine rings is 1. The Labute approximate surface area is 161 Å². The topological polar surface area (TPSA) is 73.3 Å². The highest BCUT2D eigenvalue weighted by Gasteiger charge is 2.22. The van der Waals surface area contributed by atoms with E-state index in [0.717, 1.165) is 64.1 Å². The second-order valence-electron chi connectivity index (χ2n) is 7.20. The molecule has 1 atom stereocenters. The summed E-state index contributed by atoms with van der Waals surface area (Å²) in [6.45, 7) is 6.08. The van der Waals surface area contributed by atoms with E-state index >= 15 is 0 Å². The van der Waals surface area contributed by atoms with Crippen LogP contribution in [0.1, 0.15) is 6.42 Å². The van der Waals surface area contributed by atoms with Crippen LogP contribution in [0.4, 0.5) is 5.82 Å². The molecule has 1 aromatic rings. The van der Waals surface area contributed by atoms with E-state index < -0.39 is 0 Å². The van der Waals surface area contributed by atoms with E-state index in [1.807, 2.05) is 24.4 Å². The van der Waals surface area contributed by atoms with Gasteiger partial charge < -0.3 is 24.8 Å². The number of carbonyl (C=O) groups is 1. The van der Waals surface area contributed by atoms with E-state index in [4.69, 9.17) is 4.74 Å². The Hall–Kier alpha value is -2.35. The minimum Gasteiger partial charge on any atom is -0.381 e. The average molecular weight is 374 g/mol. The zero-order valence-electron chi connectivity index (χ0n) is 16.3. The first-order chi connectivity index (χ1) is 13.1. The standard InChI is InChI=1S/C19H30N6O2/c1-23(2)18(26)14-22-19(21-13-16-6-12-27-15-16)25-10-8-24(9-11-25)17-5-3-4-7-20-17/h3-5,7,16H,6,8-15H2,1-2H3,(H,21,22). The van der Waals surface area contributed by atoms with E-state index in [0.29, 0.717) is 5.92 Å². The summed E-state index contributed by atoms with van der Waals surface area (Å²) in [5, 5.41) is 3.47. The Balaban J connectivity index is 1.59. The van der Waals surface area contributed by atoms with Crippen LogP contribution in [-0.2, 0) is 9.53 Å². The molecule has 2 aliphatic rings. The third-order valence-corrected chi connectivity index (χ3v) is 4.99. The van der Waals surface area contributed by atoms with Crippen LogP contribution in [0.5, 0.6) is 0 Å². The quantitative estimate of drug-likeness (QED) is 0.589. The predicted molar refractivity (Wildman–Crippen MR) is 106 cm³/mol. The molecular formula is C19H30N6O2. The lowest BCUT2D eigenvalue weighted by Gasteiger charge is -2.37. The number of nitrogens with zero attached hydrogens (tertiary/aromatic N) is 5. The van der Waals surface area contributed by atoms with Gasteiger partial charge in [-0.1, -0.05) is 6.07 Å². The van der Waals surface area contributed by atoms with Crippen molar-refractivity contribution in [2.24, 2.45) is 10.9 Å². The number of rotatable bonds is 5. The SMILES string of the molecule is CN(C)C(=O)CN=C(NCC1CCOC1)N1CCN(c2ccccn2)CC1. The lowest BCUT2D eigenvalue weighted by atomic mass is 10.1. The summed E-state index contributed by atoms with van der Waals surface area (Å²) in [7, 11) is 3.51. The fraction of sp³-hybridized carbons (Fsp3) is 0.632. The Kier molecular flexibility index (Phi) is 6.86. The van der Waals surface area contributed by atoms with Gasteiger partial charge in [-0.3, -0.25) is 4.79 Å². The largest absolute Gasteiger partial charge is 0.381 e. The molecule has 1 aromatic heterocycles. The number of piperazine rings is 1. The van der Waals surface area contributed by atoms with Crippen molar-refractivity contribution in [3.05, 3.63) is 24.4 Å². The smallest absolute Gasteiger partial charge is 0.243 e. The summed E-state index contributed by atoms with van der Waals surface area (Å²) in [4.78, 5) is 27.1. The molecule has 0 spiro atoms. The molecule has 27 heavy (non-hydrogen) atoms. The van der Waals surface area contributed by atoms with Gasteiger partial charge >= 0.3 is 0 Å². The first kappa shape index (κ1) is 19.4. The summed E-state index contributed by atoms with van der Waals surface area (Å²) < 4.78 is 5.46. The minimum absolute atomic E-state index is 0.00520. The van der Waals surface area contributed by atoms with Crippen molar-refractivity contribution in [3.63, 3.8) is 0 Å². The Morgan fingerprint density at radius 2 is 2.15 bits per heavy atom. The lowest BCUT2D eigenvalue weighted by Crippen LogP contribution is -2.53. The van der Waals surface area contributed by atoms with Crippen LogP contribution in [0.25, 0.3) is 0 Å². The van der Waals surface area contributed by atoms with Crippen molar-refractivity contribution in [1.82, 2.24) is 20.1 Å². The van der Waals surface area contributed by atoms with Crippen LogP contribution in [-0.4, -0.2) is 93.2 Å². The number of ether oxygens (including phenoxy) is 1. The Morgan fingerprint density at radius 3 is 2.78 bits per heavy atom. The maximum absolute atomic E-state index is 12.0. The first-order valence-electron chi connectivity index (χ1n) is 9.60. The van der Waals surface area contributed by atoms with Gasteiger partial charge in [-0.05, 0) is 18.6 Å². The van der Waals surface area contributed by atoms with Gasteiger partial charge in [0.15, 0.2) is 5.96 Å². The maximum Gasteiger partial charge on any atom is 0.243 e. The molecule has 2 aliphatic heterocycles. The van der Waals surface area contributed by atoms with Gasteiger partial charge in [0, 0.05) is 65.5 Å². The second-order valence-corrected chi connectivity index (χ2v) is 7.20. The van der Waals surface area contributed by atoms with Crippen molar-refractivity contribution in [2.75, 3.05) is 71.5 Å². The number of amides is 1. The number of likely N-dealkylation sites (N-methyl/N-ethyl adjacent to an activating group) is 1. The number of nitrogens with one attached hydrogen (secondary N) is 1. The van der Waals surface area contributed by atoms with Gasteiger partial charge in [-0.15, -0.1) is 0 Å². The molecule has 1 unspecified atom stereocenters. The van der Waals surface area contributed by atoms with E-state index in [2.05, 4.69) is 25.1 Å². The van der Waals surface area contributed by atoms with Gasteiger partial charge in [0.25, 0.3) is 0 Å². The number of hydrogen-bond donors (Lipinski definition) is 1. The number of aromatic nitrogens is 1. The zero-order valence-corrected chi connectivity index (χ0v) is 16.3. The van der Waals surface area contributed by atoms with Gasteiger partial charge in [0.2, 0.25) is 5.91 Å². The normalized spacial score (nSPS) is 20.7. The highest BCUT2D eigenvalue weighted by Crippen LogP contribution is 2.14. The van der Waals surface area contributed by atoms with E-state index in [1.165, 1.54) is 0 Å². The third kappa shape index (κ3) is 5.56. The van der Waals surface area contributed by atoms with Gasteiger partial charge in [0.1, 0.15) is 12.4 Å². The molecule has 0 bridgehead atoms. The predicted octanol–water partition coefficient (Wildman–Crippen LogP) is 0.274. The molecule has 0 aromatic carbocycles. The summed E-state index contributed by atoms with van der Waals surface area (Å²) in [6, 6.07) is 5.99. The van der Waals surface area contributed by atoms with E-state index in [-0.39, 0.29) is 12.5 Å². The van der Waals surface area contributed by atoms with Gasteiger partial charge in [-0.25, -0.2) is 9.98 Å². The van der Waals surface area contributed by atoms with Crippen molar-refractivity contribution < 1.29 is 9.53 Å². The minimum atomic E-state index is 0.00520. The maximum atomic E-state index is 12.0. The lowest BCUT2D eigenvalue weighted by molar-refractivity contribution is -0.127. The monoisotopic (exact) mass is 374 g/mol. The molecule has 2 fully saturated rings. The van der Waals surface area contributed by atoms with Crippen LogP contribution in [0.3, 0.4) is 0 Å². The number of aliphatic imine (C=N–C) groups is 1. The molecular weight excluding hydrogens is 344 g/mol. The van der Waals surface area contributed by atoms with Crippen LogP contribution in [0, 0.1) is 5.92 Å². The van der Waals surface area contributed by atoms with Crippen molar-refractivity contribution in [3.8, 4) is 0 Å². The molecule has 1 amide bonds. The molecule has 8 nitrogen and oxygen atoms in total. The summed E-state index contributed by atoms with van der Waals surface area (Å²) >= 11 is 0. The number of anilines is 1. The fourth-order valence-electron chi connectivity index (χ4n) is 3.22. The van der Waals surface area contributed by atoms with E-state index in [9.17, 15) is 4.79 Å². The van der Waals surface area contributed by atoms with Gasteiger partial charge in [-0.2, -0.15) is 0 Å². The van der Waals surface area contributed by atoms with Crippen LogP contribution >= 0.6 is 0 Å². The Bertz CT molecular complexity index is 622. The molecule has 0 saturated carbocycles. The Morgan fingerprint density at radius 1 is 1.33 bits per heavy atom. The highest BCUT2D eigenvalue weighted by atomic mass is 16.5. The molecule has 2 saturated heterocycles. The molecule has 3 heterocycles. The third-order valence-electron chi connectivity index (χ3n) is 4.99. The van der Waals surface area contributed by atoms with E-state index in [1.54, 1.807) is 19.0 Å². The number of hydrogen-bond acceptors (Lipinski definition) is 5. The fourth-order valence-corrected chi connectivity index (χ4v) is 3.22. The summed E-state index contributed by atoms with van der Waals surface area (Å²) in [5.41, 5.74) is 0. The molecule has 0 aliphatic carbocycles. The van der Waals surface area contributed by atoms with Crippen molar-refractivity contribution in [2.45, 2.75) is 6.42 Å². The molecule has 0 radical (unpaired) electrons. The van der Waals surface area contributed by atoms with Crippen LogP contribution in [0.15, 0.2) is 29.4 Å². The number of carbonyl (C=O) groups excluding carboxylic acids is 1. The first-order valence-corrected chi connectivity index (χ1v) is 9.60. The molecule has 3 rings (SSSR count). The van der Waals surface area contributed by atoms with Crippen molar-refractivity contribution >= 4 is 17.7 Å². The highest BCUT2D eigenvalue weighted by molar-refractivity contribution is 5.85. The summed E-state index contributed by atoms with van der Waals surface area (Å²) in [6.07, 6.45) is 2.90.